The van der Waals surface area contributed by atoms with E-state index in [0.29, 0.717) is 17.1 Å². The summed E-state index contributed by atoms with van der Waals surface area (Å²) >= 11 is 1.36. The number of aryl methyl sites for hydroxylation is 1. The van der Waals surface area contributed by atoms with Crippen LogP contribution in [0.1, 0.15) is 20.8 Å². The van der Waals surface area contributed by atoms with Crippen molar-refractivity contribution in [3.63, 3.8) is 0 Å². The Morgan fingerprint density at radius 2 is 1.56 bits per heavy atom. The highest BCUT2D eigenvalue weighted by Gasteiger charge is 2.23. The molecular formula is C29H25N3OS. The summed E-state index contributed by atoms with van der Waals surface area (Å²) in [6, 6.07) is 30.5. The standard InChI is InChI=1S/C29H25N3OS/c1-19-13-15-21(16-14-19)23-17-24(22-11-7-4-8-12-22)31-28-25(23)26(30)27(34-28)29(33)32(2)18-20-9-5-3-6-10-20/h3-17H,18,30H2,1-2H3. The number of hydrogen-bond donors (Lipinski definition) is 1. The van der Waals surface area contributed by atoms with Crippen molar-refractivity contribution in [1.29, 1.82) is 0 Å². The first-order valence-corrected chi connectivity index (χ1v) is 12.0. The van der Waals surface area contributed by atoms with Gasteiger partial charge in [0.05, 0.1) is 11.4 Å². The van der Waals surface area contributed by atoms with E-state index in [1.807, 2.05) is 67.7 Å². The fourth-order valence-electron chi connectivity index (χ4n) is 4.10. The average Bonchev–Trinajstić information content (AvgIpc) is 3.21. The van der Waals surface area contributed by atoms with E-state index in [-0.39, 0.29) is 5.91 Å². The van der Waals surface area contributed by atoms with Crippen LogP contribution in [0.15, 0.2) is 91.0 Å². The molecule has 5 heteroatoms. The maximum atomic E-state index is 13.4. The smallest absolute Gasteiger partial charge is 0.266 e. The molecule has 5 rings (SSSR count). The van der Waals surface area contributed by atoms with E-state index in [1.165, 1.54) is 16.9 Å². The van der Waals surface area contributed by atoms with Crippen molar-refractivity contribution >= 4 is 33.1 Å². The van der Waals surface area contributed by atoms with Crippen molar-refractivity contribution in [2.75, 3.05) is 12.8 Å². The highest BCUT2D eigenvalue weighted by molar-refractivity contribution is 7.21. The van der Waals surface area contributed by atoms with Gasteiger partial charge in [-0.15, -0.1) is 11.3 Å². The number of pyridine rings is 1. The Morgan fingerprint density at radius 1 is 0.912 bits per heavy atom. The molecule has 4 nitrogen and oxygen atoms in total. The Kier molecular flexibility index (Phi) is 5.86. The van der Waals surface area contributed by atoms with Crippen LogP contribution in [0.5, 0.6) is 0 Å². The number of aromatic nitrogens is 1. The minimum atomic E-state index is -0.0968. The van der Waals surface area contributed by atoms with Crippen LogP contribution in [-0.4, -0.2) is 22.8 Å². The number of nitrogens with two attached hydrogens (primary N) is 1. The number of carbonyl (C=O) groups excluding carboxylic acids is 1. The highest BCUT2D eigenvalue weighted by Crippen LogP contribution is 2.41. The zero-order valence-electron chi connectivity index (χ0n) is 19.2. The quantitative estimate of drug-likeness (QED) is 0.312. The van der Waals surface area contributed by atoms with Gasteiger partial charge in [0, 0.05) is 24.5 Å². The van der Waals surface area contributed by atoms with Crippen molar-refractivity contribution in [3.05, 3.63) is 107 Å². The Morgan fingerprint density at radius 3 is 2.24 bits per heavy atom. The van der Waals surface area contributed by atoms with Crippen LogP contribution in [-0.2, 0) is 6.54 Å². The fraction of sp³-hybridized carbons (Fsp3) is 0.103. The third-order valence-corrected chi connectivity index (χ3v) is 7.02. The molecule has 1 amide bonds. The lowest BCUT2D eigenvalue weighted by molar-refractivity contribution is 0.0791. The van der Waals surface area contributed by atoms with Gasteiger partial charge in [-0.05, 0) is 29.7 Å². The molecule has 168 valence electrons. The van der Waals surface area contributed by atoms with Gasteiger partial charge < -0.3 is 10.6 Å². The summed E-state index contributed by atoms with van der Waals surface area (Å²) in [6.07, 6.45) is 0. The second kappa shape index (κ2) is 9.12. The number of thiophene rings is 1. The van der Waals surface area contributed by atoms with Gasteiger partial charge in [0.15, 0.2) is 0 Å². The molecule has 0 fully saturated rings. The minimum Gasteiger partial charge on any atom is -0.397 e. The molecule has 3 aromatic carbocycles. The summed E-state index contributed by atoms with van der Waals surface area (Å²) in [4.78, 5) is 21.3. The number of amides is 1. The van der Waals surface area contributed by atoms with E-state index in [2.05, 4.69) is 37.3 Å². The van der Waals surface area contributed by atoms with E-state index in [4.69, 9.17) is 10.7 Å². The van der Waals surface area contributed by atoms with Crippen LogP contribution in [0.4, 0.5) is 5.69 Å². The van der Waals surface area contributed by atoms with Crippen molar-refractivity contribution in [1.82, 2.24) is 9.88 Å². The molecule has 0 aliphatic carbocycles. The lowest BCUT2D eigenvalue weighted by Crippen LogP contribution is -2.26. The number of hydrogen-bond acceptors (Lipinski definition) is 4. The second-order valence-corrected chi connectivity index (χ2v) is 9.46. The average molecular weight is 464 g/mol. The molecule has 0 aliphatic rings. The Hall–Kier alpha value is -3.96. The fourth-order valence-corrected chi connectivity index (χ4v) is 5.21. The molecule has 0 saturated carbocycles. The summed E-state index contributed by atoms with van der Waals surface area (Å²) in [5.41, 5.74) is 13.3. The third-order valence-electron chi connectivity index (χ3n) is 5.93. The summed E-state index contributed by atoms with van der Waals surface area (Å²) in [5.74, 6) is -0.0968. The molecule has 0 saturated heterocycles. The van der Waals surface area contributed by atoms with Crippen molar-refractivity contribution in [2.45, 2.75) is 13.5 Å². The van der Waals surface area contributed by atoms with Crippen LogP contribution in [0.25, 0.3) is 32.6 Å². The molecular weight excluding hydrogens is 438 g/mol. The molecule has 0 atom stereocenters. The van der Waals surface area contributed by atoms with Gasteiger partial charge in [-0.2, -0.15) is 0 Å². The lowest BCUT2D eigenvalue weighted by atomic mass is 9.98. The van der Waals surface area contributed by atoms with Gasteiger partial charge >= 0.3 is 0 Å². The predicted molar refractivity (Wildman–Crippen MR) is 142 cm³/mol. The molecule has 2 heterocycles. The van der Waals surface area contributed by atoms with Gasteiger partial charge in [-0.1, -0.05) is 90.5 Å². The van der Waals surface area contributed by atoms with E-state index in [0.717, 1.165) is 38.2 Å². The van der Waals surface area contributed by atoms with E-state index in [1.54, 1.807) is 4.90 Å². The lowest BCUT2D eigenvalue weighted by Gasteiger charge is -2.16. The number of benzene rings is 3. The zero-order valence-corrected chi connectivity index (χ0v) is 20.0. The van der Waals surface area contributed by atoms with E-state index in [9.17, 15) is 4.79 Å². The second-order valence-electron chi connectivity index (χ2n) is 8.46. The predicted octanol–water partition coefficient (Wildman–Crippen LogP) is 6.79. The summed E-state index contributed by atoms with van der Waals surface area (Å²) in [5, 5.41) is 0.838. The summed E-state index contributed by atoms with van der Waals surface area (Å²) in [7, 11) is 1.81. The number of rotatable bonds is 5. The van der Waals surface area contributed by atoms with Gasteiger partial charge in [-0.3, -0.25) is 4.79 Å². The molecule has 0 radical (unpaired) electrons. The van der Waals surface area contributed by atoms with Crippen LogP contribution < -0.4 is 5.73 Å². The minimum absolute atomic E-state index is 0.0968. The van der Waals surface area contributed by atoms with Gasteiger partial charge in [0.1, 0.15) is 9.71 Å². The number of nitrogen functional groups attached to an aromatic ring is 1. The normalized spacial score (nSPS) is 11.0. The van der Waals surface area contributed by atoms with Crippen LogP contribution in [0, 0.1) is 6.92 Å². The van der Waals surface area contributed by atoms with Gasteiger partial charge in [0.25, 0.3) is 5.91 Å². The van der Waals surface area contributed by atoms with E-state index < -0.39 is 0 Å². The van der Waals surface area contributed by atoms with Crippen molar-refractivity contribution < 1.29 is 4.79 Å². The number of anilines is 1. The Balaban J connectivity index is 1.64. The molecule has 0 aliphatic heterocycles. The van der Waals surface area contributed by atoms with Crippen LogP contribution >= 0.6 is 11.3 Å². The number of nitrogens with zero attached hydrogens (tertiary/aromatic N) is 2. The molecule has 0 spiro atoms. The maximum Gasteiger partial charge on any atom is 0.266 e. The number of fused-ring (bicyclic) bond motifs is 1. The SMILES string of the molecule is Cc1ccc(-c2cc(-c3ccccc3)nc3sc(C(=O)N(C)Cc4ccccc4)c(N)c23)cc1. The molecule has 34 heavy (non-hydrogen) atoms. The first kappa shape index (κ1) is 21.9. The zero-order chi connectivity index (χ0) is 23.7. The first-order chi connectivity index (χ1) is 16.5. The van der Waals surface area contributed by atoms with E-state index >= 15 is 0 Å². The largest absolute Gasteiger partial charge is 0.397 e. The first-order valence-electron chi connectivity index (χ1n) is 11.2. The molecule has 0 unspecified atom stereocenters. The molecule has 0 bridgehead atoms. The Bertz CT molecular complexity index is 1460. The summed E-state index contributed by atoms with van der Waals surface area (Å²) in [6.45, 7) is 2.58. The van der Waals surface area contributed by atoms with Crippen LogP contribution in [0.2, 0.25) is 0 Å². The van der Waals surface area contributed by atoms with Gasteiger partial charge in [0.2, 0.25) is 0 Å². The molecule has 5 aromatic rings. The molecule has 2 aromatic heterocycles. The van der Waals surface area contributed by atoms with Crippen LogP contribution in [0.3, 0.4) is 0 Å². The van der Waals surface area contributed by atoms with Crippen molar-refractivity contribution in [3.8, 4) is 22.4 Å². The van der Waals surface area contributed by atoms with Gasteiger partial charge in [-0.25, -0.2) is 4.98 Å². The highest BCUT2D eigenvalue weighted by atomic mass is 32.1. The Labute approximate surface area is 203 Å². The third kappa shape index (κ3) is 4.18. The summed E-state index contributed by atoms with van der Waals surface area (Å²) < 4.78 is 0. The monoisotopic (exact) mass is 463 g/mol. The maximum absolute atomic E-state index is 13.4. The van der Waals surface area contributed by atoms with Crippen molar-refractivity contribution in [2.24, 2.45) is 0 Å². The topological polar surface area (TPSA) is 59.2 Å². The number of carbonyl (C=O) groups is 1. The molecule has 2 N–H and O–H groups in total.